The van der Waals surface area contributed by atoms with Gasteiger partial charge in [-0.05, 0) is 62.0 Å². The summed E-state index contributed by atoms with van der Waals surface area (Å²) in [6, 6.07) is 0. The maximum atomic E-state index is 12.8. The zero-order valence-corrected chi connectivity index (χ0v) is 17.2. The predicted octanol–water partition coefficient (Wildman–Crippen LogP) is 4.42. The van der Waals surface area contributed by atoms with Crippen molar-refractivity contribution in [2.24, 2.45) is 34.5 Å². The Morgan fingerprint density at radius 3 is 2.67 bits per heavy atom. The van der Waals surface area contributed by atoms with Gasteiger partial charge in [-0.1, -0.05) is 51.0 Å². The highest BCUT2D eigenvalue weighted by atomic mass is 16.3. The number of fused-ring (bicyclic) bond motifs is 5. The number of ketones is 2. The lowest BCUT2D eigenvalue weighted by Gasteiger charge is -2.55. The van der Waals surface area contributed by atoms with Gasteiger partial charge in [-0.15, -0.1) is 0 Å². The minimum absolute atomic E-state index is 0.00438. The molecule has 4 aliphatic rings. The zero-order valence-electron chi connectivity index (χ0n) is 17.2. The maximum Gasteiger partial charge on any atom is 0.178 e. The Morgan fingerprint density at radius 1 is 1.30 bits per heavy atom. The molecule has 3 heteroatoms. The Balaban J connectivity index is 1.84. The molecule has 2 fully saturated rings. The first-order chi connectivity index (χ1) is 12.6. The SMILES string of the molecule is CCC(=O)[C@@]1(O)[C@@H](C)CC2C3C(=CC[C@@]21C)[C@@]1(C)C=CC(=O)C=C1CC3C. The van der Waals surface area contributed by atoms with Crippen molar-refractivity contribution < 1.29 is 14.7 Å². The standard InChI is InChI=1S/C24H32O3/c1-6-20(26)24(27)15(3)12-19-21-14(2)11-16-13-17(25)7-9-22(16,4)18(21)8-10-23(19,24)5/h7-9,13-15,19,21,27H,6,10-12H2,1-5H3/t14?,15-,19?,21?,22-,23-,24-/m0/s1. The Morgan fingerprint density at radius 2 is 2.00 bits per heavy atom. The third-order valence-corrected chi connectivity index (χ3v) is 8.61. The van der Waals surface area contributed by atoms with Crippen LogP contribution >= 0.6 is 0 Å². The molecule has 3 nitrogen and oxygen atoms in total. The number of aliphatic hydroxyl groups is 1. The molecule has 0 saturated heterocycles. The van der Waals surface area contributed by atoms with Gasteiger partial charge in [0.25, 0.3) is 0 Å². The monoisotopic (exact) mass is 368 g/mol. The second-order valence-electron chi connectivity index (χ2n) is 9.88. The van der Waals surface area contributed by atoms with Crippen LogP contribution in [0.2, 0.25) is 0 Å². The van der Waals surface area contributed by atoms with E-state index in [1.807, 2.05) is 13.0 Å². The van der Waals surface area contributed by atoms with E-state index in [2.05, 4.69) is 39.8 Å². The van der Waals surface area contributed by atoms with Crippen molar-refractivity contribution in [1.29, 1.82) is 0 Å². The maximum absolute atomic E-state index is 12.8. The number of Topliss-reactive ketones (excluding diaryl/α,β-unsaturated/α-hetero) is 1. The lowest BCUT2D eigenvalue weighted by molar-refractivity contribution is -0.158. The first-order valence-electron chi connectivity index (χ1n) is 10.5. The van der Waals surface area contributed by atoms with Crippen molar-refractivity contribution in [2.75, 3.05) is 0 Å². The van der Waals surface area contributed by atoms with E-state index in [4.69, 9.17) is 0 Å². The van der Waals surface area contributed by atoms with Crippen LogP contribution in [0.25, 0.3) is 0 Å². The van der Waals surface area contributed by atoms with E-state index in [9.17, 15) is 14.7 Å². The van der Waals surface area contributed by atoms with E-state index >= 15 is 0 Å². The molecule has 0 aromatic heterocycles. The number of rotatable bonds is 2. The van der Waals surface area contributed by atoms with Gasteiger partial charge >= 0.3 is 0 Å². The molecule has 3 unspecified atom stereocenters. The fraction of sp³-hybridized carbons (Fsp3) is 0.667. The van der Waals surface area contributed by atoms with Gasteiger partial charge in [-0.2, -0.15) is 0 Å². The molecule has 4 rings (SSSR count). The van der Waals surface area contributed by atoms with Crippen LogP contribution in [-0.4, -0.2) is 22.3 Å². The van der Waals surface area contributed by atoms with Crippen LogP contribution in [0.4, 0.5) is 0 Å². The highest BCUT2D eigenvalue weighted by molar-refractivity contribution is 6.01. The first kappa shape index (κ1) is 18.9. The van der Waals surface area contributed by atoms with Gasteiger partial charge in [-0.25, -0.2) is 0 Å². The van der Waals surface area contributed by atoms with E-state index in [0.29, 0.717) is 24.2 Å². The predicted molar refractivity (Wildman–Crippen MR) is 106 cm³/mol. The molecule has 2 saturated carbocycles. The summed E-state index contributed by atoms with van der Waals surface area (Å²) >= 11 is 0. The summed E-state index contributed by atoms with van der Waals surface area (Å²) in [6.07, 6.45) is 10.8. The molecule has 0 aromatic carbocycles. The largest absolute Gasteiger partial charge is 0.381 e. The number of carbonyl (C=O) groups is 2. The zero-order chi connectivity index (χ0) is 19.8. The number of carbonyl (C=O) groups excluding carboxylic acids is 2. The number of hydrogen-bond acceptors (Lipinski definition) is 3. The molecule has 0 heterocycles. The third kappa shape index (κ3) is 2.18. The van der Waals surface area contributed by atoms with Crippen LogP contribution in [0.5, 0.6) is 0 Å². The average Bonchev–Trinajstić information content (AvgIpc) is 2.84. The second-order valence-corrected chi connectivity index (χ2v) is 9.88. The van der Waals surface area contributed by atoms with Gasteiger partial charge in [0.2, 0.25) is 0 Å². The minimum Gasteiger partial charge on any atom is -0.381 e. The molecule has 0 amide bonds. The lowest BCUT2D eigenvalue weighted by atomic mass is 9.49. The van der Waals surface area contributed by atoms with Gasteiger partial charge < -0.3 is 5.11 Å². The molecular weight excluding hydrogens is 336 g/mol. The van der Waals surface area contributed by atoms with Crippen molar-refractivity contribution in [3.63, 3.8) is 0 Å². The van der Waals surface area contributed by atoms with E-state index in [1.54, 1.807) is 6.08 Å². The van der Waals surface area contributed by atoms with Gasteiger partial charge in [-0.3, -0.25) is 9.59 Å². The third-order valence-electron chi connectivity index (χ3n) is 8.61. The molecule has 7 atom stereocenters. The topological polar surface area (TPSA) is 54.4 Å². The van der Waals surface area contributed by atoms with Crippen LogP contribution in [0, 0.1) is 34.5 Å². The fourth-order valence-corrected chi connectivity index (χ4v) is 7.06. The average molecular weight is 369 g/mol. The summed E-state index contributed by atoms with van der Waals surface area (Å²) in [4.78, 5) is 24.8. The van der Waals surface area contributed by atoms with Crippen LogP contribution in [-0.2, 0) is 9.59 Å². The van der Waals surface area contributed by atoms with Gasteiger partial charge in [0.15, 0.2) is 11.6 Å². The van der Waals surface area contributed by atoms with Crippen LogP contribution in [0.1, 0.15) is 60.3 Å². The minimum atomic E-state index is -1.23. The Labute approximate surface area is 162 Å². The van der Waals surface area contributed by atoms with Crippen molar-refractivity contribution >= 4 is 11.6 Å². The van der Waals surface area contributed by atoms with Crippen LogP contribution < -0.4 is 0 Å². The van der Waals surface area contributed by atoms with Crippen molar-refractivity contribution in [3.8, 4) is 0 Å². The smallest absolute Gasteiger partial charge is 0.178 e. The molecule has 27 heavy (non-hydrogen) atoms. The normalized spacial score (nSPS) is 48.3. The summed E-state index contributed by atoms with van der Waals surface area (Å²) < 4.78 is 0. The molecule has 146 valence electrons. The van der Waals surface area contributed by atoms with E-state index < -0.39 is 11.0 Å². The number of allylic oxidation sites excluding steroid dienone is 6. The highest BCUT2D eigenvalue weighted by Gasteiger charge is 2.67. The van der Waals surface area contributed by atoms with E-state index in [-0.39, 0.29) is 22.9 Å². The Bertz CT molecular complexity index is 802. The van der Waals surface area contributed by atoms with Crippen molar-refractivity contribution in [2.45, 2.75) is 65.9 Å². The number of hydrogen-bond donors (Lipinski definition) is 1. The molecule has 0 spiro atoms. The van der Waals surface area contributed by atoms with Gasteiger partial charge in [0.05, 0.1) is 0 Å². The summed E-state index contributed by atoms with van der Waals surface area (Å²) in [5, 5.41) is 11.6. The first-order valence-corrected chi connectivity index (χ1v) is 10.5. The van der Waals surface area contributed by atoms with Crippen molar-refractivity contribution in [1.82, 2.24) is 0 Å². The fourth-order valence-electron chi connectivity index (χ4n) is 7.06. The molecule has 4 aliphatic carbocycles. The Kier molecular flexibility index (Phi) is 4.03. The molecule has 1 N–H and O–H groups in total. The summed E-state index contributed by atoms with van der Waals surface area (Å²) in [5.41, 5.74) is 0.793. The molecule has 0 bridgehead atoms. The van der Waals surface area contributed by atoms with Gasteiger partial charge in [0, 0.05) is 17.3 Å². The highest BCUT2D eigenvalue weighted by Crippen LogP contribution is 2.67. The van der Waals surface area contributed by atoms with Crippen LogP contribution in [0.15, 0.2) is 35.5 Å². The summed E-state index contributed by atoms with van der Waals surface area (Å²) in [6.45, 7) is 10.6. The van der Waals surface area contributed by atoms with Crippen LogP contribution in [0.3, 0.4) is 0 Å². The lowest BCUT2D eigenvalue weighted by Crippen LogP contribution is -2.57. The molecular formula is C24H32O3. The van der Waals surface area contributed by atoms with E-state index in [0.717, 1.165) is 19.3 Å². The summed E-state index contributed by atoms with van der Waals surface area (Å²) in [7, 11) is 0. The second kappa shape index (κ2) is 5.76. The quantitative estimate of drug-likeness (QED) is 0.734. The Hall–Kier alpha value is -1.48. The molecule has 0 aromatic rings. The molecule has 0 radical (unpaired) electrons. The van der Waals surface area contributed by atoms with Crippen molar-refractivity contribution in [3.05, 3.63) is 35.5 Å². The van der Waals surface area contributed by atoms with Gasteiger partial charge in [0.1, 0.15) is 5.60 Å². The molecule has 0 aliphatic heterocycles. The summed E-state index contributed by atoms with van der Waals surface area (Å²) in [5.74, 6) is 1.12. The van der Waals surface area contributed by atoms with E-state index in [1.165, 1.54) is 11.1 Å².